The molecule has 1 fully saturated rings. The predicted octanol–water partition coefficient (Wildman–Crippen LogP) is 3.10. The van der Waals surface area contributed by atoms with Crippen molar-refractivity contribution in [3.05, 3.63) is 29.3 Å². The highest BCUT2D eigenvalue weighted by molar-refractivity contribution is 5.93. The topological polar surface area (TPSA) is 64.3 Å². The number of anilines is 1. The van der Waals surface area contributed by atoms with E-state index in [2.05, 4.69) is 19.2 Å². The fourth-order valence-corrected chi connectivity index (χ4v) is 3.14. The Kier molecular flexibility index (Phi) is 4.57. The zero-order valence-corrected chi connectivity index (χ0v) is 13.4. The Morgan fingerprint density at radius 3 is 2.71 bits per heavy atom. The highest BCUT2D eigenvalue weighted by Gasteiger charge is 2.51. The molecule has 1 aliphatic rings. The van der Waals surface area contributed by atoms with E-state index in [1.165, 1.54) is 0 Å². The number of aryl methyl sites for hydroxylation is 1. The molecule has 116 valence electrons. The van der Waals surface area contributed by atoms with Crippen LogP contribution in [0.4, 0.5) is 5.69 Å². The molecule has 2 rings (SSSR count). The van der Waals surface area contributed by atoms with Gasteiger partial charge >= 0.3 is 0 Å². The minimum atomic E-state index is -0.386. The van der Waals surface area contributed by atoms with Gasteiger partial charge in [-0.15, -0.1) is 0 Å². The molecule has 0 radical (unpaired) electrons. The molecule has 1 aromatic rings. The number of primary amides is 1. The average molecular weight is 290 g/mol. The Balaban J connectivity index is 2.11. The summed E-state index contributed by atoms with van der Waals surface area (Å²) in [5.41, 5.74) is 8.14. The van der Waals surface area contributed by atoms with Gasteiger partial charge in [-0.3, -0.25) is 4.79 Å². The molecule has 1 aromatic carbocycles. The highest BCUT2D eigenvalue weighted by atomic mass is 16.5. The monoisotopic (exact) mass is 290 g/mol. The molecular formula is C17H26N2O2. The van der Waals surface area contributed by atoms with E-state index in [4.69, 9.17) is 10.5 Å². The van der Waals surface area contributed by atoms with Crippen LogP contribution in [0.2, 0.25) is 0 Å². The summed E-state index contributed by atoms with van der Waals surface area (Å²) in [5, 5.41) is 3.61. The molecule has 1 saturated carbocycles. The molecule has 1 aliphatic carbocycles. The van der Waals surface area contributed by atoms with Crippen LogP contribution in [-0.2, 0) is 4.74 Å². The number of nitrogens with two attached hydrogens (primary N) is 1. The molecule has 21 heavy (non-hydrogen) atoms. The lowest BCUT2D eigenvalue weighted by molar-refractivity contribution is -0.109. The van der Waals surface area contributed by atoms with Crippen molar-refractivity contribution in [1.82, 2.24) is 0 Å². The summed E-state index contributed by atoms with van der Waals surface area (Å²) >= 11 is 0. The van der Waals surface area contributed by atoms with Crippen molar-refractivity contribution in [3.63, 3.8) is 0 Å². The summed E-state index contributed by atoms with van der Waals surface area (Å²) in [5.74, 6) is -0.386. The van der Waals surface area contributed by atoms with Gasteiger partial charge in [0.2, 0.25) is 5.91 Å². The summed E-state index contributed by atoms with van der Waals surface area (Å²) < 4.78 is 5.83. The van der Waals surface area contributed by atoms with Crippen molar-refractivity contribution in [3.8, 4) is 0 Å². The number of hydrogen-bond donors (Lipinski definition) is 2. The van der Waals surface area contributed by atoms with Crippen LogP contribution in [0.5, 0.6) is 0 Å². The van der Waals surface area contributed by atoms with E-state index in [1.807, 2.05) is 26.0 Å². The molecule has 0 aliphatic heterocycles. The smallest absolute Gasteiger partial charge is 0.248 e. The maximum absolute atomic E-state index is 11.2. The Bertz CT molecular complexity index is 530. The van der Waals surface area contributed by atoms with Gasteiger partial charge in [0.1, 0.15) is 0 Å². The van der Waals surface area contributed by atoms with Gasteiger partial charge in [0, 0.05) is 29.3 Å². The lowest BCUT2D eigenvalue weighted by atomic mass is 9.61. The van der Waals surface area contributed by atoms with Gasteiger partial charge < -0.3 is 15.8 Å². The number of nitrogens with one attached hydrogen (secondary N) is 1. The van der Waals surface area contributed by atoms with Crippen molar-refractivity contribution in [2.75, 3.05) is 11.9 Å². The number of carbonyl (C=O) groups is 1. The second-order valence-electron chi connectivity index (χ2n) is 6.13. The fraction of sp³-hybridized carbons (Fsp3) is 0.588. The van der Waals surface area contributed by atoms with E-state index in [-0.39, 0.29) is 11.3 Å². The van der Waals surface area contributed by atoms with Crippen LogP contribution in [0.3, 0.4) is 0 Å². The van der Waals surface area contributed by atoms with E-state index in [0.29, 0.717) is 17.7 Å². The summed E-state index contributed by atoms with van der Waals surface area (Å²) in [6.45, 7) is 9.30. The molecule has 4 heteroatoms. The summed E-state index contributed by atoms with van der Waals surface area (Å²) in [6.07, 6.45) is 2.43. The SMILES string of the molecule is CCOC1CC(Nc2ccc(C(N)=O)cc2C)C1(C)CC. The molecule has 4 nitrogen and oxygen atoms in total. The Hall–Kier alpha value is -1.55. The Morgan fingerprint density at radius 2 is 2.19 bits per heavy atom. The lowest BCUT2D eigenvalue weighted by Crippen LogP contribution is -2.59. The molecular weight excluding hydrogens is 264 g/mol. The van der Waals surface area contributed by atoms with Crippen LogP contribution in [0.25, 0.3) is 0 Å². The van der Waals surface area contributed by atoms with E-state index < -0.39 is 0 Å². The van der Waals surface area contributed by atoms with Gasteiger partial charge in [-0.25, -0.2) is 0 Å². The maximum Gasteiger partial charge on any atom is 0.248 e. The second kappa shape index (κ2) is 6.06. The van der Waals surface area contributed by atoms with Gasteiger partial charge in [-0.05, 0) is 50.5 Å². The summed E-state index contributed by atoms with van der Waals surface area (Å²) in [4.78, 5) is 11.2. The molecule has 0 spiro atoms. The number of ether oxygens (including phenoxy) is 1. The summed E-state index contributed by atoms with van der Waals surface area (Å²) in [7, 11) is 0. The number of rotatable bonds is 6. The second-order valence-corrected chi connectivity index (χ2v) is 6.13. The van der Waals surface area contributed by atoms with Gasteiger partial charge in [0.05, 0.1) is 6.10 Å². The van der Waals surface area contributed by atoms with Crippen molar-refractivity contribution in [2.45, 2.75) is 52.7 Å². The van der Waals surface area contributed by atoms with Crippen molar-refractivity contribution in [2.24, 2.45) is 11.1 Å². The van der Waals surface area contributed by atoms with Crippen LogP contribution in [0, 0.1) is 12.3 Å². The van der Waals surface area contributed by atoms with E-state index in [0.717, 1.165) is 30.7 Å². The van der Waals surface area contributed by atoms with Crippen LogP contribution in [0.15, 0.2) is 18.2 Å². The number of hydrogen-bond acceptors (Lipinski definition) is 3. The minimum Gasteiger partial charge on any atom is -0.381 e. The predicted molar refractivity (Wildman–Crippen MR) is 85.5 cm³/mol. The Morgan fingerprint density at radius 1 is 1.48 bits per heavy atom. The molecule has 0 saturated heterocycles. The van der Waals surface area contributed by atoms with Gasteiger partial charge in [-0.1, -0.05) is 13.8 Å². The summed E-state index contributed by atoms with van der Waals surface area (Å²) in [6, 6.07) is 5.96. The van der Waals surface area contributed by atoms with E-state index in [1.54, 1.807) is 6.07 Å². The molecule has 0 bridgehead atoms. The third-order valence-electron chi connectivity index (χ3n) is 4.95. The van der Waals surface area contributed by atoms with Gasteiger partial charge in [0.15, 0.2) is 0 Å². The first-order valence-corrected chi connectivity index (χ1v) is 7.71. The standard InChI is InChI=1S/C17H26N2O2/c1-5-17(4)14(10-15(17)21-6-2)19-13-8-7-12(16(18)20)9-11(13)3/h7-9,14-15,19H,5-6,10H2,1-4H3,(H2,18,20). The lowest BCUT2D eigenvalue weighted by Gasteiger charge is -2.54. The van der Waals surface area contributed by atoms with Crippen LogP contribution in [0.1, 0.15) is 49.5 Å². The normalized spacial score (nSPS) is 28.0. The number of benzene rings is 1. The fourth-order valence-electron chi connectivity index (χ4n) is 3.14. The molecule has 0 heterocycles. The quantitative estimate of drug-likeness (QED) is 0.846. The maximum atomic E-state index is 11.2. The first-order chi connectivity index (χ1) is 9.92. The highest BCUT2D eigenvalue weighted by Crippen LogP contribution is 2.47. The number of amides is 1. The Labute approximate surface area is 127 Å². The molecule has 3 atom stereocenters. The third kappa shape index (κ3) is 2.91. The molecule has 3 unspecified atom stereocenters. The molecule has 1 amide bonds. The number of carbonyl (C=O) groups excluding carboxylic acids is 1. The van der Waals surface area contributed by atoms with E-state index in [9.17, 15) is 4.79 Å². The van der Waals surface area contributed by atoms with Gasteiger partial charge in [-0.2, -0.15) is 0 Å². The average Bonchev–Trinajstić information content (AvgIpc) is 2.46. The zero-order valence-electron chi connectivity index (χ0n) is 13.4. The third-order valence-corrected chi connectivity index (χ3v) is 4.95. The van der Waals surface area contributed by atoms with Crippen LogP contribution in [-0.4, -0.2) is 24.7 Å². The zero-order chi connectivity index (χ0) is 15.6. The largest absolute Gasteiger partial charge is 0.381 e. The molecule has 3 N–H and O–H groups in total. The van der Waals surface area contributed by atoms with Crippen LogP contribution < -0.4 is 11.1 Å². The first-order valence-electron chi connectivity index (χ1n) is 7.71. The van der Waals surface area contributed by atoms with Crippen molar-refractivity contribution in [1.29, 1.82) is 0 Å². The molecule has 0 aromatic heterocycles. The first kappa shape index (κ1) is 15.8. The minimum absolute atomic E-state index is 0.158. The van der Waals surface area contributed by atoms with Crippen molar-refractivity contribution < 1.29 is 9.53 Å². The van der Waals surface area contributed by atoms with E-state index >= 15 is 0 Å². The van der Waals surface area contributed by atoms with Gasteiger partial charge in [0.25, 0.3) is 0 Å². The van der Waals surface area contributed by atoms with Crippen molar-refractivity contribution >= 4 is 11.6 Å². The van der Waals surface area contributed by atoms with Crippen LogP contribution >= 0.6 is 0 Å².